The molecule has 1 aliphatic rings. The summed E-state index contributed by atoms with van der Waals surface area (Å²) in [7, 11) is 0. The minimum absolute atomic E-state index is 0.481. The van der Waals surface area contributed by atoms with Crippen molar-refractivity contribution in [2.45, 2.75) is 66.3 Å². The van der Waals surface area contributed by atoms with E-state index in [9.17, 15) is 0 Å². The van der Waals surface area contributed by atoms with Crippen molar-refractivity contribution < 1.29 is 4.42 Å². The van der Waals surface area contributed by atoms with Crippen LogP contribution < -0.4 is 5.32 Å². The van der Waals surface area contributed by atoms with E-state index in [4.69, 9.17) is 4.42 Å². The molecule has 1 aliphatic carbocycles. The zero-order valence-electron chi connectivity index (χ0n) is 13.2. The van der Waals surface area contributed by atoms with Gasteiger partial charge in [-0.15, -0.1) is 0 Å². The van der Waals surface area contributed by atoms with E-state index in [0.29, 0.717) is 6.04 Å². The lowest BCUT2D eigenvalue weighted by Crippen LogP contribution is -2.31. The smallest absolute Gasteiger partial charge is 0.106 e. The fourth-order valence-electron chi connectivity index (χ4n) is 3.61. The Balaban J connectivity index is 2.24. The van der Waals surface area contributed by atoms with Crippen LogP contribution in [0.15, 0.2) is 4.42 Å². The van der Waals surface area contributed by atoms with Gasteiger partial charge >= 0.3 is 0 Å². The van der Waals surface area contributed by atoms with E-state index >= 15 is 0 Å². The van der Waals surface area contributed by atoms with Crippen LogP contribution in [0.25, 0.3) is 0 Å². The van der Waals surface area contributed by atoms with Crippen molar-refractivity contribution in [2.24, 2.45) is 11.8 Å². The lowest BCUT2D eigenvalue weighted by Gasteiger charge is -2.33. The Morgan fingerprint density at radius 1 is 1.11 bits per heavy atom. The summed E-state index contributed by atoms with van der Waals surface area (Å²) in [4.78, 5) is 0. The lowest BCUT2D eigenvalue weighted by atomic mass is 9.76. The summed E-state index contributed by atoms with van der Waals surface area (Å²) in [5.41, 5.74) is 2.78. The van der Waals surface area contributed by atoms with Gasteiger partial charge in [0.1, 0.15) is 11.5 Å². The summed E-state index contributed by atoms with van der Waals surface area (Å²) in [6.45, 7) is 12.0. The zero-order chi connectivity index (χ0) is 14.0. The van der Waals surface area contributed by atoms with Gasteiger partial charge in [-0.25, -0.2) is 0 Å². The fraction of sp³-hybridized carbons (Fsp3) is 0.765. The Kier molecular flexibility index (Phi) is 4.72. The standard InChI is InChI=1S/C17H29NO/c1-6-18-17(15-9-7-11(2)8-10-15)16-12(3)13(4)19-14(16)5/h11,15,17-18H,6-10H2,1-5H3. The molecule has 1 atom stereocenters. The van der Waals surface area contributed by atoms with Gasteiger partial charge in [0.25, 0.3) is 0 Å². The molecule has 1 aromatic heterocycles. The second kappa shape index (κ2) is 6.13. The minimum atomic E-state index is 0.481. The fourth-order valence-corrected chi connectivity index (χ4v) is 3.61. The van der Waals surface area contributed by atoms with Crippen LogP contribution in [0.1, 0.15) is 68.2 Å². The van der Waals surface area contributed by atoms with Gasteiger partial charge in [0.05, 0.1) is 0 Å². The minimum Gasteiger partial charge on any atom is -0.466 e. The van der Waals surface area contributed by atoms with Crippen molar-refractivity contribution in [3.8, 4) is 0 Å². The summed E-state index contributed by atoms with van der Waals surface area (Å²) in [5, 5.41) is 3.72. The molecule has 0 amide bonds. The summed E-state index contributed by atoms with van der Waals surface area (Å²) in [5.74, 6) is 3.87. The summed E-state index contributed by atoms with van der Waals surface area (Å²) in [6, 6.07) is 0.481. The Morgan fingerprint density at radius 2 is 1.74 bits per heavy atom. The van der Waals surface area contributed by atoms with E-state index in [1.165, 1.54) is 36.8 Å². The molecule has 2 rings (SSSR count). The van der Waals surface area contributed by atoms with Gasteiger partial charge in [-0.3, -0.25) is 0 Å². The van der Waals surface area contributed by atoms with Crippen LogP contribution in [-0.2, 0) is 0 Å². The van der Waals surface area contributed by atoms with E-state index in [0.717, 1.165) is 29.9 Å². The number of aryl methyl sites for hydroxylation is 2. The average molecular weight is 263 g/mol. The first-order chi connectivity index (χ1) is 9.04. The van der Waals surface area contributed by atoms with Gasteiger partial charge in [0, 0.05) is 11.6 Å². The Labute approximate surface area is 118 Å². The number of rotatable bonds is 4. The van der Waals surface area contributed by atoms with E-state index < -0.39 is 0 Å². The third-order valence-corrected chi connectivity index (χ3v) is 4.88. The van der Waals surface area contributed by atoms with E-state index in [1.807, 2.05) is 0 Å². The predicted octanol–water partition coefficient (Wildman–Crippen LogP) is 4.68. The molecule has 1 fully saturated rings. The highest BCUT2D eigenvalue weighted by Gasteiger charge is 2.30. The summed E-state index contributed by atoms with van der Waals surface area (Å²) < 4.78 is 5.84. The van der Waals surface area contributed by atoms with Crippen LogP contribution in [0.2, 0.25) is 0 Å². The molecule has 108 valence electrons. The van der Waals surface area contributed by atoms with Crippen molar-refractivity contribution in [3.05, 3.63) is 22.6 Å². The first-order valence-corrected chi connectivity index (χ1v) is 7.84. The molecule has 0 aliphatic heterocycles. The zero-order valence-corrected chi connectivity index (χ0v) is 13.2. The highest BCUT2D eigenvalue weighted by molar-refractivity contribution is 5.34. The van der Waals surface area contributed by atoms with Crippen molar-refractivity contribution in [2.75, 3.05) is 6.54 Å². The SMILES string of the molecule is CCNC(c1c(C)oc(C)c1C)C1CCC(C)CC1. The molecule has 2 heteroatoms. The number of nitrogens with one attached hydrogen (secondary N) is 1. The quantitative estimate of drug-likeness (QED) is 0.853. The van der Waals surface area contributed by atoms with Gasteiger partial charge in [0.15, 0.2) is 0 Å². The maximum atomic E-state index is 5.84. The summed E-state index contributed by atoms with van der Waals surface area (Å²) in [6.07, 6.45) is 5.45. The molecule has 0 aromatic carbocycles. The van der Waals surface area contributed by atoms with Crippen LogP contribution in [-0.4, -0.2) is 6.54 Å². The van der Waals surface area contributed by atoms with Crippen molar-refractivity contribution in [3.63, 3.8) is 0 Å². The average Bonchev–Trinajstić information content (AvgIpc) is 2.62. The molecule has 1 aromatic rings. The maximum Gasteiger partial charge on any atom is 0.106 e. The van der Waals surface area contributed by atoms with Crippen molar-refractivity contribution in [1.29, 1.82) is 0 Å². The molecule has 1 saturated carbocycles. The van der Waals surface area contributed by atoms with E-state index in [-0.39, 0.29) is 0 Å². The van der Waals surface area contributed by atoms with Gasteiger partial charge in [-0.2, -0.15) is 0 Å². The molecule has 0 radical (unpaired) electrons. The lowest BCUT2D eigenvalue weighted by molar-refractivity contribution is 0.231. The maximum absolute atomic E-state index is 5.84. The molecule has 0 spiro atoms. The van der Waals surface area contributed by atoms with E-state index in [2.05, 4.69) is 39.9 Å². The first kappa shape index (κ1) is 14.6. The third kappa shape index (κ3) is 3.05. The van der Waals surface area contributed by atoms with Crippen LogP contribution in [0.5, 0.6) is 0 Å². The molecule has 1 heterocycles. The van der Waals surface area contributed by atoms with Crippen molar-refractivity contribution >= 4 is 0 Å². The largest absolute Gasteiger partial charge is 0.466 e. The van der Waals surface area contributed by atoms with Crippen LogP contribution in [0.3, 0.4) is 0 Å². The second-order valence-electron chi connectivity index (χ2n) is 6.31. The van der Waals surface area contributed by atoms with Crippen molar-refractivity contribution in [1.82, 2.24) is 5.32 Å². The number of furan rings is 1. The third-order valence-electron chi connectivity index (χ3n) is 4.88. The topological polar surface area (TPSA) is 25.2 Å². The van der Waals surface area contributed by atoms with Gasteiger partial charge in [-0.1, -0.05) is 26.7 Å². The highest BCUT2D eigenvalue weighted by Crippen LogP contribution is 2.39. The van der Waals surface area contributed by atoms with Crippen LogP contribution in [0, 0.1) is 32.6 Å². The molecular formula is C17H29NO. The van der Waals surface area contributed by atoms with Gasteiger partial charge in [-0.05, 0) is 57.6 Å². The molecule has 0 saturated heterocycles. The molecular weight excluding hydrogens is 234 g/mol. The monoisotopic (exact) mass is 263 g/mol. The number of hydrogen-bond donors (Lipinski definition) is 1. The Morgan fingerprint density at radius 3 is 2.21 bits per heavy atom. The normalized spacial score (nSPS) is 25.5. The molecule has 1 unspecified atom stereocenters. The van der Waals surface area contributed by atoms with Gasteiger partial charge in [0.2, 0.25) is 0 Å². The predicted molar refractivity (Wildman–Crippen MR) is 80.5 cm³/mol. The second-order valence-corrected chi connectivity index (χ2v) is 6.31. The van der Waals surface area contributed by atoms with E-state index in [1.54, 1.807) is 0 Å². The molecule has 1 N–H and O–H groups in total. The summed E-state index contributed by atoms with van der Waals surface area (Å²) >= 11 is 0. The molecule has 0 bridgehead atoms. The highest BCUT2D eigenvalue weighted by atomic mass is 16.3. The molecule has 2 nitrogen and oxygen atoms in total. The van der Waals surface area contributed by atoms with Crippen LogP contribution in [0.4, 0.5) is 0 Å². The van der Waals surface area contributed by atoms with Gasteiger partial charge < -0.3 is 9.73 Å². The Bertz CT molecular complexity index is 413. The first-order valence-electron chi connectivity index (χ1n) is 7.84. The number of hydrogen-bond acceptors (Lipinski definition) is 2. The molecule has 19 heavy (non-hydrogen) atoms. The Hall–Kier alpha value is -0.760. The van der Waals surface area contributed by atoms with Crippen LogP contribution >= 0.6 is 0 Å².